The zero-order chi connectivity index (χ0) is 21.9. The van der Waals surface area contributed by atoms with Gasteiger partial charge in [0.1, 0.15) is 0 Å². The number of nitro benzene ring substituents is 1. The quantitative estimate of drug-likeness (QED) is 0.170. The molecule has 0 bridgehead atoms. The molecule has 3 heterocycles. The number of hydrogen-bond acceptors (Lipinski definition) is 8. The smallest absolute Gasteiger partial charge is 0.269 e. The number of hydrogen-bond donors (Lipinski definition) is 0. The van der Waals surface area contributed by atoms with Crippen molar-refractivity contribution in [2.45, 2.75) is 10.9 Å². The highest BCUT2D eigenvalue weighted by atomic mass is 32.2. The van der Waals surface area contributed by atoms with Crippen LogP contribution in [-0.2, 0) is 5.75 Å². The molecule has 0 aliphatic rings. The van der Waals surface area contributed by atoms with Gasteiger partial charge < -0.3 is 4.42 Å². The lowest BCUT2D eigenvalue weighted by Gasteiger charge is -2.05. The molecule has 0 fully saturated rings. The molecule has 10 heteroatoms. The Kier molecular flexibility index (Phi) is 5.53. The zero-order valence-electron chi connectivity index (χ0n) is 16.5. The van der Waals surface area contributed by atoms with Gasteiger partial charge in [0.15, 0.2) is 5.16 Å². The minimum Gasteiger partial charge on any atom is -0.420 e. The largest absolute Gasteiger partial charge is 0.420 e. The van der Waals surface area contributed by atoms with Crippen LogP contribution < -0.4 is 0 Å². The molecule has 0 saturated heterocycles. The number of aromatic nitrogens is 4. The maximum atomic E-state index is 10.8. The van der Waals surface area contributed by atoms with Crippen molar-refractivity contribution >= 4 is 28.8 Å². The molecule has 0 radical (unpaired) electrons. The molecule has 2 aromatic carbocycles. The molecule has 0 atom stereocenters. The monoisotopic (exact) mass is 461 g/mol. The molecule has 8 nitrogen and oxygen atoms in total. The zero-order valence-corrected chi connectivity index (χ0v) is 18.1. The third-order valence-corrected chi connectivity index (χ3v) is 6.43. The predicted molar refractivity (Wildman–Crippen MR) is 123 cm³/mol. The van der Waals surface area contributed by atoms with Crippen LogP contribution in [0.15, 0.2) is 87.9 Å². The van der Waals surface area contributed by atoms with Crippen molar-refractivity contribution in [3.05, 3.63) is 94.3 Å². The molecule has 5 rings (SSSR count). The van der Waals surface area contributed by atoms with Gasteiger partial charge in [0.25, 0.3) is 5.69 Å². The van der Waals surface area contributed by atoms with Crippen molar-refractivity contribution in [1.82, 2.24) is 19.7 Å². The Balaban J connectivity index is 1.37. The summed E-state index contributed by atoms with van der Waals surface area (Å²) in [5.41, 5.74) is 2.56. The van der Waals surface area contributed by atoms with E-state index in [0.717, 1.165) is 21.4 Å². The molecule has 0 saturated carbocycles. The first-order valence-electron chi connectivity index (χ1n) is 9.56. The number of para-hydroxylation sites is 1. The van der Waals surface area contributed by atoms with Crippen molar-refractivity contribution in [2.75, 3.05) is 0 Å². The maximum absolute atomic E-state index is 10.8. The fourth-order valence-corrected chi connectivity index (χ4v) is 4.57. The summed E-state index contributed by atoms with van der Waals surface area (Å²) in [6.45, 7) is 0. The SMILES string of the molecule is O=[N+]([O-])c1ccc(-c2nnc(CSc3nc(-c4cccs4)cn3-c3ccccc3)o2)cc1. The fourth-order valence-electron chi connectivity index (χ4n) is 3.06. The predicted octanol–water partition coefficient (Wildman–Crippen LogP) is 5.85. The standard InChI is InChI=1S/C22H15N5O3S2/c28-27(29)17-10-8-15(9-11-17)21-25-24-20(30-21)14-32-22-23-18(19-7-4-12-31-19)13-26(22)16-5-2-1-3-6-16/h1-13H,14H2. The van der Waals surface area contributed by atoms with Gasteiger partial charge in [0.05, 0.1) is 21.2 Å². The summed E-state index contributed by atoms with van der Waals surface area (Å²) >= 11 is 3.14. The Morgan fingerprint density at radius 1 is 1.03 bits per heavy atom. The van der Waals surface area contributed by atoms with Crippen LogP contribution in [0.5, 0.6) is 0 Å². The summed E-state index contributed by atoms with van der Waals surface area (Å²) in [7, 11) is 0. The third-order valence-electron chi connectivity index (χ3n) is 4.60. The number of benzene rings is 2. The molecule has 0 amide bonds. The molecule has 5 aromatic rings. The van der Waals surface area contributed by atoms with Crippen LogP contribution in [0.3, 0.4) is 0 Å². The first kappa shape index (κ1) is 20.2. The second-order valence-electron chi connectivity index (χ2n) is 6.69. The van der Waals surface area contributed by atoms with Crippen LogP contribution in [0.4, 0.5) is 5.69 Å². The molecule has 0 unspecified atom stereocenters. The summed E-state index contributed by atoms with van der Waals surface area (Å²) < 4.78 is 7.82. The molecule has 158 valence electrons. The molecule has 0 aliphatic carbocycles. The average molecular weight is 462 g/mol. The number of nitrogens with zero attached hydrogens (tertiary/aromatic N) is 5. The number of nitro groups is 1. The van der Waals surface area contributed by atoms with Gasteiger partial charge in [-0.15, -0.1) is 21.5 Å². The van der Waals surface area contributed by atoms with Crippen LogP contribution in [0.2, 0.25) is 0 Å². The molecular weight excluding hydrogens is 446 g/mol. The summed E-state index contributed by atoms with van der Waals surface area (Å²) in [4.78, 5) is 16.3. The topological polar surface area (TPSA) is 99.9 Å². The van der Waals surface area contributed by atoms with Crippen molar-refractivity contribution in [2.24, 2.45) is 0 Å². The van der Waals surface area contributed by atoms with Crippen molar-refractivity contribution < 1.29 is 9.34 Å². The van der Waals surface area contributed by atoms with E-state index in [1.165, 1.54) is 23.9 Å². The highest BCUT2D eigenvalue weighted by Gasteiger charge is 2.15. The van der Waals surface area contributed by atoms with E-state index < -0.39 is 4.92 Å². The Labute approximate surface area is 190 Å². The van der Waals surface area contributed by atoms with Crippen molar-refractivity contribution in [1.29, 1.82) is 0 Å². The molecule has 0 N–H and O–H groups in total. The number of non-ortho nitro benzene ring substituents is 1. The number of imidazole rings is 1. The summed E-state index contributed by atoms with van der Waals surface area (Å²) in [5.74, 6) is 1.21. The van der Waals surface area contributed by atoms with Crippen LogP contribution in [0.1, 0.15) is 5.89 Å². The van der Waals surface area contributed by atoms with Gasteiger partial charge in [-0.1, -0.05) is 36.0 Å². The molecule has 3 aromatic heterocycles. The lowest BCUT2D eigenvalue weighted by molar-refractivity contribution is -0.384. The van der Waals surface area contributed by atoms with E-state index in [1.54, 1.807) is 23.5 Å². The summed E-state index contributed by atoms with van der Waals surface area (Å²) in [6.07, 6.45) is 2.03. The summed E-state index contributed by atoms with van der Waals surface area (Å²) in [6, 6.07) is 20.1. The Morgan fingerprint density at radius 3 is 2.56 bits per heavy atom. The van der Waals surface area contributed by atoms with Gasteiger partial charge in [-0.05, 0) is 35.7 Å². The maximum Gasteiger partial charge on any atom is 0.269 e. The Bertz CT molecular complexity index is 1350. The minimum atomic E-state index is -0.445. The normalized spacial score (nSPS) is 11.0. The number of rotatable bonds is 7. The van der Waals surface area contributed by atoms with E-state index in [0.29, 0.717) is 23.1 Å². The van der Waals surface area contributed by atoms with Crippen molar-refractivity contribution in [3.8, 4) is 27.7 Å². The van der Waals surface area contributed by atoms with E-state index in [1.807, 2.05) is 58.6 Å². The second-order valence-corrected chi connectivity index (χ2v) is 8.58. The van der Waals surface area contributed by atoms with Gasteiger partial charge in [0, 0.05) is 29.6 Å². The third kappa shape index (κ3) is 4.18. The lowest BCUT2D eigenvalue weighted by atomic mass is 10.2. The Hall–Kier alpha value is -3.76. The van der Waals surface area contributed by atoms with E-state index in [2.05, 4.69) is 10.2 Å². The minimum absolute atomic E-state index is 0.0123. The van der Waals surface area contributed by atoms with Gasteiger partial charge in [0.2, 0.25) is 11.8 Å². The first-order valence-corrected chi connectivity index (χ1v) is 11.4. The highest BCUT2D eigenvalue weighted by Crippen LogP contribution is 2.31. The number of thioether (sulfide) groups is 1. The van der Waals surface area contributed by atoms with E-state index in [9.17, 15) is 10.1 Å². The molecular formula is C22H15N5O3S2. The molecule has 0 aliphatic heterocycles. The van der Waals surface area contributed by atoms with E-state index >= 15 is 0 Å². The Morgan fingerprint density at radius 2 is 1.84 bits per heavy atom. The first-order chi connectivity index (χ1) is 15.7. The van der Waals surface area contributed by atoms with E-state index in [4.69, 9.17) is 9.40 Å². The fraction of sp³-hybridized carbons (Fsp3) is 0.0455. The van der Waals surface area contributed by atoms with Crippen LogP contribution in [-0.4, -0.2) is 24.7 Å². The van der Waals surface area contributed by atoms with Crippen LogP contribution in [0.25, 0.3) is 27.7 Å². The van der Waals surface area contributed by atoms with Gasteiger partial charge in [-0.2, -0.15) is 0 Å². The van der Waals surface area contributed by atoms with Crippen LogP contribution in [0, 0.1) is 10.1 Å². The highest BCUT2D eigenvalue weighted by molar-refractivity contribution is 7.98. The van der Waals surface area contributed by atoms with E-state index in [-0.39, 0.29) is 5.69 Å². The number of thiophene rings is 1. The van der Waals surface area contributed by atoms with Gasteiger partial charge >= 0.3 is 0 Å². The molecule has 0 spiro atoms. The van der Waals surface area contributed by atoms with Crippen LogP contribution >= 0.6 is 23.1 Å². The lowest BCUT2D eigenvalue weighted by Crippen LogP contribution is -1.94. The van der Waals surface area contributed by atoms with Gasteiger partial charge in [-0.3, -0.25) is 14.7 Å². The van der Waals surface area contributed by atoms with Gasteiger partial charge in [-0.25, -0.2) is 4.98 Å². The second kappa shape index (κ2) is 8.77. The molecule has 32 heavy (non-hydrogen) atoms. The average Bonchev–Trinajstić information content (AvgIpc) is 3.59. The summed E-state index contributed by atoms with van der Waals surface area (Å²) in [5, 5.41) is 21.9. The van der Waals surface area contributed by atoms with Crippen molar-refractivity contribution in [3.63, 3.8) is 0 Å².